The Morgan fingerprint density at radius 3 is 2.43 bits per heavy atom. The first-order valence-electron chi connectivity index (χ1n) is 10.2. The van der Waals surface area contributed by atoms with Crippen LogP contribution in [0.4, 0.5) is 0 Å². The van der Waals surface area contributed by atoms with Crippen LogP contribution in [0.2, 0.25) is 0 Å². The number of aliphatic hydroxyl groups excluding tert-OH is 1. The van der Waals surface area contributed by atoms with Crippen molar-refractivity contribution in [2.75, 3.05) is 40.0 Å². The highest BCUT2D eigenvalue weighted by Crippen LogP contribution is 2.15. The first-order chi connectivity index (χ1) is 14.3. The zero-order valence-electron chi connectivity index (χ0n) is 17.8. The van der Waals surface area contributed by atoms with Gasteiger partial charge in [0.25, 0.3) is 0 Å². The van der Waals surface area contributed by atoms with Crippen LogP contribution in [0, 0.1) is 0 Å². The Balaban J connectivity index is 0.00000450. The predicted octanol–water partition coefficient (Wildman–Crippen LogP) is 3.55. The minimum Gasteiger partial charge on any atom is -0.497 e. The minimum atomic E-state index is -0.000476. The van der Waals surface area contributed by atoms with E-state index in [9.17, 15) is 5.11 Å². The highest BCUT2D eigenvalue weighted by atomic mass is 127. The second-order valence-electron chi connectivity index (χ2n) is 6.69. The minimum absolute atomic E-state index is 0. The molecular weight excluding hydrogens is 493 g/mol. The van der Waals surface area contributed by atoms with Crippen molar-refractivity contribution in [3.8, 4) is 5.75 Å². The van der Waals surface area contributed by atoms with Crippen LogP contribution in [0.15, 0.2) is 59.6 Å². The molecule has 3 N–H and O–H groups in total. The third kappa shape index (κ3) is 9.77. The molecule has 0 bridgehead atoms. The standard InChI is InChI=1S/C23H33N3O3.HI/c1-3-24-23(26-16-21(17-27)20-8-5-4-6-9-20)25-14-7-15-29-18-19-10-12-22(28-2)13-11-19;/h4-6,8-13,21,27H,3,7,14-18H2,1-2H3,(H2,24,25,26);1H. The monoisotopic (exact) mass is 527 g/mol. The van der Waals surface area contributed by atoms with Gasteiger partial charge in [0.2, 0.25) is 0 Å². The summed E-state index contributed by atoms with van der Waals surface area (Å²) in [6.45, 7) is 5.46. The van der Waals surface area contributed by atoms with Crippen molar-refractivity contribution < 1.29 is 14.6 Å². The molecule has 0 amide bonds. The molecule has 2 aromatic carbocycles. The number of rotatable bonds is 12. The van der Waals surface area contributed by atoms with Crippen molar-refractivity contribution in [1.29, 1.82) is 0 Å². The summed E-state index contributed by atoms with van der Waals surface area (Å²) in [4.78, 5) is 4.62. The van der Waals surface area contributed by atoms with Crippen LogP contribution in [-0.2, 0) is 11.3 Å². The Kier molecular flexibility index (Phi) is 13.9. The molecule has 0 aromatic heterocycles. The molecule has 7 heteroatoms. The van der Waals surface area contributed by atoms with Gasteiger partial charge in [0.05, 0.1) is 26.9 Å². The second-order valence-corrected chi connectivity index (χ2v) is 6.69. The molecule has 2 rings (SSSR count). The average Bonchev–Trinajstić information content (AvgIpc) is 2.77. The van der Waals surface area contributed by atoms with E-state index in [1.54, 1.807) is 7.11 Å². The van der Waals surface area contributed by atoms with Crippen molar-refractivity contribution >= 4 is 29.9 Å². The first-order valence-corrected chi connectivity index (χ1v) is 10.2. The summed E-state index contributed by atoms with van der Waals surface area (Å²) in [6.07, 6.45) is 0.878. The van der Waals surface area contributed by atoms with Gasteiger partial charge in [-0.3, -0.25) is 4.99 Å². The Bertz CT molecular complexity index is 711. The van der Waals surface area contributed by atoms with E-state index in [2.05, 4.69) is 15.6 Å². The van der Waals surface area contributed by atoms with Crippen molar-refractivity contribution in [1.82, 2.24) is 10.6 Å². The van der Waals surface area contributed by atoms with Gasteiger partial charge in [0.1, 0.15) is 5.75 Å². The van der Waals surface area contributed by atoms with Crippen molar-refractivity contribution in [2.24, 2.45) is 4.99 Å². The molecule has 0 radical (unpaired) electrons. The van der Waals surface area contributed by atoms with Crippen molar-refractivity contribution in [3.63, 3.8) is 0 Å². The summed E-state index contributed by atoms with van der Waals surface area (Å²) in [5, 5.41) is 16.3. The summed E-state index contributed by atoms with van der Waals surface area (Å²) >= 11 is 0. The molecule has 0 aliphatic heterocycles. The molecule has 30 heavy (non-hydrogen) atoms. The molecule has 0 aliphatic carbocycles. The van der Waals surface area contributed by atoms with Gasteiger partial charge in [0, 0.05) is 25.6 Å². The van der Waals surface area contributed by atoms with E-state index in [-0.39, 0.29) is 36.5 Å². The zero-order chi connectivity index (χ0) is 20.7. The number of aliphatic imine (C=N–C) groups is 1. The quantitative estimate of drug-likeness (QED) is 0.171. The Hall–Kier alpha value is -1.84. The lowest BCUT2D eigenvalue weighted by Crippen LogP contribution is -2.38. The van der Waals surface area contributed by atoms with E-state index in [4.69, 9.17) is 9.47 Å². The van der Waals surface area contributed by atoms with Crippen molar-refractivity contribution in [3.05, 3.63) is 65.7 Å². The van der Waals surface area contributed by atoms with E-state index in [1.807, 2.05) is 61.5 Å². The number of guanidine groups is 1. The summed E-state index contributed by atoms with van der Waals surface area (Å²) in [5.41, 5.74) is 2.23. The van der Waals surface area contributed by atoms with E-state index in [1.165, 1.54) is 0 Å². The van der Waals surface area contributed by atoms with Gasteiger partial charge in [-0.1, -0.05) is 42.5 Å². The molecule has 0 heterocycles. The van der Waals surface area contributed by atoms with Gasteiger partial charge < -0.3 is 25.2 Å². The number of methoxy groups -OCH3 is 1. The van der Waals surface area contributed by atoms with Gasteiger partial charge in [-0.2, -0.15) is 0 Å². The molecule has 2 aromatic rings. The molecule has 1 atom stereocenters. The number of hydrogen-bond donors (Lipinski definition) is 3. The highest BCUT2D eigenvalue weighted by molar-refractivity contribution is 14.0. The van der Waals surface area contributed by atoms with Gasteiger partial charge in [-0.15, -0.1) is 24.0 Å². The molecular formula is C23H34IN3O3. The summed E-state index contributed by atoms with van der Waals surface area (Å²) < 4.78 is 10.9. The van der Waals surface area contributed by atoms with Crippen LogP contribution in [0.1, 0.15) is 30.4 Å². The number of nitrogens with zero attached hydrogens (tertiary/aromatic N) is 1. The lowest BCUT2D eigenvalue weighted by molar-refractivity contribution is 0.119. The third-order valence-corrected chi connectivity index (χ3v) is 4.49. The Morgan fingerprint density at radius 2 is 1.80 bits per heavy atom. The summed E-state index contributed by atoms with van der Waals surface area (Å²) in [5.74, 6) is 1.61. The average molecular weight is 527 g/mol. The van der Waals surface area contributed by atoms with Crippen LogP contribution < -0.4 is 15.4 Å². The second kappa shape index (κ2) is 15.9. The first kappa shape index (κ1) is 26.2. The van der Waals surface area contributed by atoms with Crippen LogP contribution in [0.3, 0.4) is 0 Å². The SMILES string of the molecule is CCNC(=NCC(CO)c1ccccc1)NCCCOCc1ccc(OC)cc1.I. The molecule has 0 saturated heterocycles. The highest BCUT2D eigenvalue weighted by Gasteiger charge is 2.09. The topological polar surface area (TPSA) is 75.1 Å². The normalized spacial score (nSPS) is 12.0. The maximum Gasteiger partial charge on any atom is 0.191 e. The number of ether oxygens (including phenoxy) is 2. The zero-order valence-corrected chi connectivity index (χ0v) is 20.2. The fourth-order valence-corrected chi connectivity index (χ4v) is 2.83. The fraction of sp³-hybridized carbons (Fsp3) is 0.435. The number of aliphatic hydroxyl groups is 1. The number of benzene rings is 2. The molecule has 0 spiro atoms. The lowest BCUT2D eigenvalue weighted by atomic mass is 10.0. The largest absolute Gasteiger partial charge is 0.497 e. The van der Waals surface area contributed by atoms with E-state index in [0.29, 0.717) is 19.8 Å². The summed E-state index contributed by atoms with van der Waals surface area (Å²) in [6, 6.07) is 17.9. The molecule has 0 aliphatic rings. The molecule has 0 fully saturated rings. The Labute approximate surface area is 197 Å². The van der Waals surface area contributed by atoms with Crippen molar-refractivity contribution in [2.45, 2.75) is 25.9 Å². The molecule has 1 unspecified atom stereocenters. The van der Waals surface area contributed by atoms with Gasteiger partial charge in [0.15, 0.2) is 5.96 Å². The van der Waals surface area contributed by atoms with E-state index in [0.717, 1.165) is 42.3 Å². The van der Waals surface area contributed by atoms with Gasteiger partial charge in [-0.05, 0) is 36.6 Å². The molecule has 166 valence electrons. The Morgan fingerprint density at radius 1 is 1.07 bits per heavy atom. The third-order valence-electron chi connectivity index (χ3n) is 4.49. The van der Waals surface area contributed by atoms with Crippen LogP contribution in [0.25, 0.3) is 0 Å². The van der Waals surface area contributed by atoms with E-state index < -0.39 is 0 Å². The maximum absolute atomic E-state index is 9.69. The fourth-order valence-electron chi connectivity index (χ4n) is 2.83. The van der Waals surface area contributed by atoms with Crippen LogP contribution >= 0.6 is 24.0 Å². The maximum atomic E-state index is 9.69. The number of nitrogens with one attached hydrogen (secondary N) is 2. The number of hydrogen-bond acceptors (Lipinski definition) is 4. The summed E-state index contributed by atoms with van der Waals surface area (Å²) in [7, 11) is 1.66. The lowest BCUT2D eigenvalue weighted by Gasteiger charge is -2.15. The van der Waals surface area contributed by atoms with Gasteiger partial charge >= 0.3 is 0 Å². The molecule has 6 nitrogen and oxygen atoms in total. The number of halogens is 1. The molecule has 0 saturated carbocycles. The van der Waals surface area contributed by atoms with E-state index >= 15 is 0 Å². The van der Waals surface area contributed by atoms with Crippen LogP contribution in [0.5, 0.6) is 5.75 Å². The predicted molar refractivity (Wildman–Crippen MR) is 133 cm³/mol. The van der Waals surface area contributed by atoms with Crippen LogP contribution in [-0.4, -0.2) is 51.0 Å². The smallest absolute Gasteiger partial charge is 0.191 e. The van der Waals surface area contributed by atoms with Gasteiger partial charge in [-0.25, -0.2) is 0 Å².